The van der Waals surface area contributed by atoms with Crippen molar-refractivity contribution in [3.8, 4) is 0 Å². The second-order valence-corrected chi connectivity index (χ2v) is 4.24. The summed E-state index contributed by atoms with van der Waals surface area (Å²) < 4.78 is 10.1. The van der Waals surface area contributed by atoms with E-state index in [4.69, 9.17) is 9.15 Å². The van der Waals surface area contributed by atoms with E-state index >= 15 is 0 Å². The second-order valence-electron chi connectivity index (χ2n) is 4.24. The molecule has 7 heteroatoms. The maximum atomic E-state index is 11.8. The Morgan fingerprint density at radius 2 is 2.05 bits per heavy atom. The van der Waals surface area contributed by atoms with Gasteiger partial charge in [0.2, 0.25) is 0 Å². The Hall–Kier alpha value is -2.02. The summed E-state index contributed by atoms with van der Waals surface area (Å²) >= 11 is 0. The lowest BCUT2D eigenvalue weighted by atomic mass is 10.2. The molecular weight excluding hydrogens is 250 g/mol. The number of rotatable bonds is 4. The number of aryl methyl sites for hydroxylation is 2. The summed E-state index contributed by atoms with van der Waals surface area (Å²) in [6.45, 7) is 5.61. The molecule has 0 aliphatic carbocycles. The molecular formula is C12H19N3O4. The van der Waals surface area contributed by atoms with E-state index in [0.717, 1.165) is 0 Å². The van der Waals surface area contributed by atoms with Gasteiger partial charge in [-0.3, -0.25) is 10.2 Å². The lowest BCUT2D eigenvalue weighted by Crippen LogP contribution is -2.50. The van der Waals surface area contributed by atoms with Gasteiger partial charge in [0.05, 0.1) is 18.2 Å². The zero-order valence-electron chi connectivity index (χ0n) is 11.5. The summed E-state index contributed by atoms with van der Waals surface area (Å²) in [5.74, 6) is 0.717. The van der Waals surface area contributed by atoms with Crippen molar-refractivity contribution in [2.45, 2.75) is 26.8 Å². The molecule has 0 aromatic carbocycles. The summed E-state index contributed by atoms with van der Waals surface area (Å²) in [6, 6.07) is 0.952. The van der Waals surface area contributed by atoms with Gasteiger partial charge in [-0.1, -0.05) is 0 Å². The molecule has 1 heterocycles. The Morgan fingerprint density at radius 1 is 1.37 bits per heavy atom. The third-order valence-corrected chi connectivity index (χ3v) is 2.37. The quantitative estimate of drug-likeness (QED) is 0.707. The number of hydrogen-bond donors (Lipinski definition) is 3. The van der Waals surface area contributed by atoms with Crippen LogP contribution in [0.2, 0.25) is 0 Å². The molecule has 0 saturated heterocycles. The van der Waals surface area contributed by atoms with Crippen LogP contribution < -0.4 is 16.2 Å². The van der Waals surface area contributed by atoms with Crippen LogP contribution in [-0.2, 0) is 4.74 Å². The van der Waals surface area contributed by atoms with Crippen LogP contribution in [-0.4, -0.2) is 31.7 Å². The van der Waals surface area contributed by atoms with Crippen LogP contribution in [0.15, 0.2) is 10.5 Å². The van der Waals surface area contributed by atoms with Crippen LogP contribution >= 0.6 is 0 Å². The number of hydrazine groups is 1. The standard InChI is InChI=1S/C12H19N3O4/c1-7(6-18-4)13-12(17)15-14-11(16)10-5-8(2)19-9(10)3/h5,7H,6H2,1-4H3,(H,14,16)(H2,13,15,17). The summed E-state index contributed by atoms with van der Waals surface area (Å²) in [4.78, 5) is 23.2. The smallest absolute Gasteiger partial charge is 0.333 e. The molecule has 0 aliphatic rings. The minimum absolute atomic E-state index is 0.153. The molecule has 106 valence electrons. The lowest BCUT2D eigenvalue weighted by molar-refractivity contribution is 0.0933. The normalized spacial score (nSPS) is 11.8. The Balaban J connectivity index is 2.42. The van der Waals surface area contributed by atoms with Gasteiger partial charge in [0.25, 0.3) is 5.91 Å². The number of urea groups is 1. The number of methoxy groups -OCH3 is 1. The van der Waals surface area contributed by atoms with Crippen LogP contribution in [0.5, 0.6) is 0 Å². The number of nitrogens with one attached hydrogen (secondary N) is 3. The summed E-state index contributed by atoms with van der Waals surface area (Å²) in [7, 11) is 1.54. The molecule has 3 N–H and O–H groups in total. The first-order valence-corrected chi connectivity index (χ1v) is 5.87. The summed E-state index contributed by atoms with van der Waals surface area (Å²) in [5.41, 5.74) is 4.95. The van der Waals surface area contributed by atoms with Gasteiger partial charge in [-0.2, -0.15) is 0 Å². The van der Waals surface area contributed by atoms with Crippen LogP contribution in [0.3, 0.4) is 0 Å². The van der Waals surface area contributed by atoms with E-state index in [9.17, 15) is 9.59 Å². The van der Waals surface area contributed by atoms with Crippen LogP contribution in [0, 0.1) is 13.8 Å². The van der Waals surface area contributed by atoms with E-state index in [0.29, 0.717) is 23.7 Å². The van der Waals surface area contributed by atoms with Gasteiger partial charge in [0.15, 0.2) is 0 Å². The van der Waals surface area contributed by atoms with E-state index in [2.05, 4.69) is 16.2 Å². The average molecular weight is 269 g/mol. The molecule has 1 aromatic rings. The fraction of sp³-hybridized carbons (Fsp3) is 0.500. The number of hydrogen-bond acceptors (Lipinski definition) is 4. The van der Waals surface area contributed by atoms with E-state index in [-0.39, 0.29) is 6.04 Å². The van der Waals surface area contributed by atoms with Crippen LogP contribution in [0.25, 0.3) is 0 Å². The number of amides is 3. The highest BCUT2D eigenvalue weighted by Gasteiger charge is 2.14. The van der Waals surface area contributed by atoms with Crippen molar-refractivity contribution in [2.75, 3.05) is 13.7 Å². The van der Waals surface area contributed by atoms with Crippen molar-refractivity contribution in [1.29, 1.82) is 0 Å². The first kappa shape index (κ1) is 15.0. The fourth-order valence-corrected chi connectivity index (χ4v) is 1.59. The Kier molecular flexibility index (Phi) is 5.37. The highest BCUT2D eigenvalue weighted by molar-refractivity contribution is 5.96. The Morgan fingerprint density at radius 3 is 2.58 bits per heavy atom. The Bertz CT molecular complexity index is 456. The number of ether oxygens (including phenoxy) is 1. The van der Waals surface area contributed by atoms with Crippen molar-refractivity contribution in [1.82, 2.24) is 16.2 Å². The third-order valence-electron chi connectivity index (χ3n) is 2.37. The van der Waals surface area contributed by atoms with Gasteiger partial charge in [-0.25, -0.2) is 10.2 Å². The summed E-state index contributed by atoms with van der Waals surface area (Å²) in [5, 5.41) is 2.59. The van der Waals surface area contributed by atoms with Gasteiger partial charge in [0.1, 0.15) is 11.5 Å². The number of carbonyl (C=O) groups is 2. The molecule has 0 bridgehead atoms. The molecule has 0 aliphatic heterocycles. The maximum Gasteiger partial charge on any atom is 0.333 e. The fourth-order valence-electron chi connectivity index (χ4n) is 1.59. The first-order valence-electron chi connectivity index (χ1n) is 5.87. The molecule has 0 spiro atoms. The molecule has 0 radical (unpaired) electrons. The minimum atomic E-state index is -0.504. The second kappa shape index (κ2) is 6.79. The van der Waals surface area contributed by atoms with Crippen molar-refractivity contribution in [3.05, 3.63) is 23.2 Å². The summed E-state index contributed by atoms with van der Waals surface area (Å²) in [6.07, 6.45) is 0. The third kappa shape index (κ3) is 4.63. The van der Waals surface area contributed by atoms with Gasteiger partial charge in [-0.05, 0) is 26.8 Å². The molecule has 0 fully saturated rings. The van der Waals surface area contributed by atoms with Crippen LogP contribution in [0.1, 0.15) is 28.8 Å². The predicted molar refractivity (Wildman–Crippen MR) is 68.7 cm³/mol. The number of furan rings is 1. The maximum absolute atomic E-state index is 11.8. The molecule has 1 atom stereocenters. The van der Waals surface area contributed by atoms with Crippen molar-refractivity contribution in [3.63, 3.8) is 0 Å². The van der Waals surface area contributed by atoms with Crippen LogP contribution in [0.4, 0.5) is 4.79 Å². The molecule has 19 heavy (non-hydrogen) atoms. The SMILES string of the molecule is COCC(C)NC(=O)NNC(=O)c1cc(C)oc1C. The minimum Gasteiger partial charge on any atom is -0.466 e. The molecule has 0 saturated carbocycles. The van der Waals surface area contributed by atoms with Crippen molar-refractivity contribution < 1.29 is 18.7 Å². The van der Waals surface area contributed by atoms with E-state index in [1.807, 2.05) is 0 Å². The molecule has 1 unspecified atom stereocenters. The zero-order valence-corrected chi connectivity index (χ0v) is 11.5. The van der Waals surface area contributed by atoms with Crippen molar-refractivity contribution in [2.24, 2.45) is 0 Å². The van der Waals surface area contributed by atoms with Gasteiger partial charge in [0, 0.05) is 7.11 Å². The van der Waals surface area contributed by atoms with E-state index < -0.39 is 11.9 Å². The highest BCUT2D eigenvalue weighted by Crippen LogP contribution is 2.12. The van der Waals surface area contributed by atoms with E-state index in [1.165, 1.54) is 0 Å². The monoisotopic (exact) mass is 269 g/mol. The van der Waals surface area contributed by atoms with E-state index in [1.54, 1.807) is 33.9 Å². The molecule has 1 rings (SSSR count). The highest BCUT2D eigenvalue weighted by atomic mass is 16.5. The molecule has 1 aromatic heterocycles. The predicted octanol–water partition coefficient (Wildman–Crippen LogP) is 0.875. The first-order chi connectivity index (χ1) is 8.93. The number of carbonyl (C=O) groups excluding carboxylic acids is 2. The topological polar surface area (TPSA) is 92.6 Å². The molecule has 3 amide bonds. The molecule has 7 nitrogen and oxygen atoms in total. The zero-order chi connectivity index (χ0) is 14.4. The Labute approximate surface area is 111 Å². The average Bonchev–Trinajstić information content (AvgIpc) is 2.65. The van der Waals surface area contributed by atoms with Gasteiger partial charge in [-0.15, -0.1) is 0 Å². The van der Waals surface area contributed by atoms with Crippen molar-refractivity contribution >= 4 is 11.9 Å². The van der Waals surface area contributed by atoms with Gasteiger partial charge >= 0.3 is 6.03 Å². The van der Waals surface area contributed by atoms with Gasteiger partial charge < -0.3 is 14.5 Å². The lowest BCUT2D eigenvalue weighted by Gasteiger charge is -2.13. The largest absolute Gasteiger partial charge is 0.466 e.